The van der Waals surface area contributed by atoms with Crippen molar-refractivity contribution in [3.05, 3.63) is 22.4 Å². The van der Waals surface area contributed by atoms with Crippen molar-refractivity contribution in [2.24, 2.45) is 0 Å². The third-order valence-electron chi connectivity index (χ3n) is 2.53. The third kappa shape index (κ3) is 6.42. The third-order valence-corrected chi connectivity index (χ3v) is 4.38. The maximum absolute atomic E-state index is 11.6. The second-order valence-corrected chi connectivity index (χ2v) is 6.54. The van der Waals surface area contributed by atoms with Crippen molar-refractivity contribution < 1.29 is 9.90 Å². The Bertz CT molecular complexity index is 350. The zero-order valence-electron chi connectivity index (χ0n) is 10.9. The van der Waals surface area contributed by atoms with E-state index in [1.807, 2.05) is 12.3 Å². The molecule has 1 amide bonds. The monoisotopic (exact) mass is 287 g/mol. The van der Waals surface area contributed by atoms with E-state index in [1.54, 1.807) is 30.0 Å². The van der Waals surface area contributed by atoms with Crippen molar-refractivity contribution in [2.75, 3.05) is 18.6 Å². The maximum Gasteiger partial charge on any atom is 0.220 e. The van der Waals surface area contributed by atoms with E-state index in [2.05, 4.69) is 16.8 Å². The van der Waals surface area contributed by atoms with Crippen molar-refractivity contribution in [3.63, 3.8) is 0 Å². The molecule has 0 unspecified atom stereocenters. The lowest BCUT2D eigenvalue weighted by Crippen LogP contribution is -2.42. The normalized spacial score (nSPS) is 14.2. The van der Waals surface area contributed by atoms with Crippen LogP contribution in [0.1, 0.15) is 24.6 Å². The summed E-state index contributed by atoms with van der Waals surface area (Å²) >= 11 is 3.30. The van der Waals surface area contributed by atoms with Crippen molar-refractivity contribution in [3.8, 4) is 0 Å². The van der Waals surface area contributed by atoms with Gasteiger partial charge in [-0.3, -0.25) is 4.79 Å². The summed E-state index contributed by atoms with van der Waals surface area (Å²) in [5, 5.41) is 14.7. The molecule has 0 bridgehead atoms. The molecule has 0 radical (unpaired) electrons. The molecule has 0 aromatic carbocycles. The predicted molar refractivity (Wildman–Crippen MR) is 79.3 cm³/mol. The molecule has 0 aliphatic rings. The van der Waals surface area contributed by atoms with Gasteiger partial charge in [0.25, 0.3) is 0 Å². The number of thiophene rings is 1. The molecule has 102 valence electrons. The minimum atomic E-state index is -0.817. The van der Waals surface area contributed by atoms with Crippen LogP contribution in [0, 0.1) is 0 Å². The lowest BCUT2D eigenvalue weighted by molar-refractivity contribution is -0.122. The number of nitrogens with one attached hydrogen (secondary N) is 1. The van der Waals surface area contributed by atoms with E-state index in [1.165, 1.54) is 4.88 Å². The SMILES string of the molecule is CSC[C@](C)(O)CNC(=O)CCCc1cccs1. The van der Waals surface area contributed by atoms with Crippen LogP contribution >= 0.6 is 23.1 Å². The second kappa shape index (κ2) is 7.81. The first-order chi connectivity index (χ1) is 8.53. The predicted octanol–water partition coefficient (Wildman–Crippen LogP) is 2.30. The Hall–Kier alpha value is -0.520. The smallest absolute Gasteiger partial charge is 0.220 e. The summed E-state index contributed by atoms with van der Waals surface area (Å²) in [7, 11) is 0. The highest BCUT2D eigenvalue weighted by Crippen LogP contribution is 2.12. The summed E-state index contributed by atoms with van der Waals surface area (Å²) in [6.07, 6.45) is 4.27. The van der Waals surface area contributed by atoms with Crippen LogP contribution < -0.4 is 5.32 Å². The molecule has 1 rings (SSSR count). The molecular weight excluding hydrogens is 266 g/mol. The van der Waals surface area contributed by atoms with E-state index < -0.39 is 5.60 Å². The highest BCUT2D eigenvalue weighted by Gasteiger charge is 2.20. The maximum atomic E-state index is 11.6. The van der Waals surface area contributed by atoms with Gasteiger partial charge in [0, 0.05) is 23.6 Å². The fourth-order valence-electron chi connectivity index (χ4n) is 1.62. The number of carbonyl (C=O) groups excluding carboxylic acids is 1. The average Bonchev–Trinajstić information content (AvgIpc) is 2.79. The van der Waals surface area contributed by atoms with Crippen LogP contribution in [0.3, 0.4) is 0 Å². The van der Waals surface area contributed by atoms with Crippen LogP contribution in [-0.2, 0) is 11.2 Å². The number of aliphatic hydroxyl groups is 1. The Labute approximate surface area is 117 Å². The molecule has 18 heavy (non-hydrogen) atoms. The summed E-state index contributed by atoms with van der Waals surface area (Å²) in [6, 6.07) is 4.12. The van der Waals surface area contributed by atoms with Crippen LogP contribution in [0.4, 0.5) is 0 Å². The van der Waals surface area contributed by atoms with Gasteiger partial charge in [-0.1, -0.05) is 6.07 Å². The van der Waals surface area contributed by atoms with Crippen LogP contribution in [0.25, 0.3) is 0 Å². The number of rotatable bonds is 8. The van der Waals surface area contributed by atoms with Crippen LogP contribution in [0.5, 0.6) is 0 Å². The molecule has 1 aromatic rings. The Balaban J connectivity index is 2.14. The van der Waals surface area contributed by atoms with Crippen molar-refractivity contribution in [1.82, 2.24) is 5.32 Å². The number of aryl methyl sites for hydroxylation is 1. The molecule has 0 saturated carbocycles. The highest BCUT2D eigenvalue weighted by molar-refractivity contribution is 7.98. The molecule has 0 fully saturated rings. The Morgan fingerprint density at radius 3 is 3.00 bits per heavy atom. The Morgan fingerprint density at radius 1 is 1.61 bits per heavy atom. The lowest BCUT2D eigenvalue weighted by Gasteiger charge is -2.22. The molecule has 0 aliphatic heterocycles. The largest absolute Gasteiger partial charge is 0.387 e. The first kappa shape index (κ1) is 15.5. The highest BCUT2D eigenvalue weighted by atomic mass is 32.2. The summed E-state index contributed by atoms with van der Waals surface area (Å²) < 4.78 is 0. The standard InChI is InChI=1S/C13H21NO2S2/c1-13(16,10-17-2)9-14-12(15)7-3-5-11-6-4-8-18-11/h4,6,8,16H,3,5,7,9-10H2,1-2H3,(H,14,15)/t13-/m1/s1. The fourth-order valence-corrected chi connectivity index (χ4v) is 3.09. The molecule has 0 spiro atoms. The summed E-state index contributed by atoms with van der Waals surface area (Å²) in [4.78, 5) is 12.9. The second-order valence-electron chi connectivity index (χ2n) is 4.64. The van der Waals surface area contributed by atoms with E-state index in [0.29, 0.717) is 18.7 Å². The molecule has 0 saturated heterocycles. The Kier molecular flexibility index (Phi) is 6.75. The fraction of sp³-hybridized carbons (Fsp3) is 0.615. The van der Waals surface area contributed by atoms with Crippen molar-refractivity contribution in [2.45, 2.75) is 31.8 Å². The van der Waals surface area contributed by atoms with Gasteiger partial charge in [-0.15, -0.1) is 11.3 Å². The van der Waals surface area contributed by atoms with Gasteiger partial charge in [-0.2, -0.15) is 11.8 Å². The minimum absolute atomic E-state index is 0.0212. The summed E-state index contributed by atoms with van der Waals surface area (Å²) in [6.45, 7) is 2.07. The molecule has 1 atom stereocenters. The van der Waals surface area contributed by atoms with E-state index in [-0.39, 0.29) is 5.91 Å². The van der Waals surface area contributed by atoms with Crippen LogP contribution in [0.15, 0.2) is 17.5 Å². The zero-order chi connectivity index (χ0) is 13.4. The van der Waals surface area contributed by atoms with Crippen molar-refractivity contribution >= 4 is 29.0 Å². The minimum Gasteiger partial charge on any atom is -0.387 e. The van der Waals surface area contributed by atoms with Gasteiger partial charge in [-0.05, 0) is 37.5 Å². The average molecular weight is 287 g/mol. The molecule has 2 N–H and O–H groups in total. The van der Waals surface area contributed by atoms with Crippen molar-refractivity contribution in [1.29, 1.82) is 0 Å². The molecular formula is C13H21NO2S2. The van der Waals surface area contributed by atoms with E-state index in [9.17, 15) is 9.90 Å². The lowest BCUT2D eigenvalue weighted by atomic mass is 10.1. The van der Waals surface area contributed by atoms with E-state index in [4.69, 9.17) is 0 Å². The zero-order valence-corrected chi connectivity index (χ0v) is 12.6. The first-order valence-corrected chi connectivity index (χ1v) is 8.31. The summed E-state index contributed by atoms with van der Waals surface area (Å²) in [5.41, 5.74) is -0.817. The topological polar surface area (TPSA) is 49.3 Å². The molecule has 1 aromatic heterocycles. The van der Waals surface area contributed by atoms with Crippen LogP contribution in [0.2, 0.25) is 0 Å². The van der Waals surface area contributed by atoms with Crippen LogP contribution in [-0.4, -0.2) is 35.2 Å². The van der Waals surface area contributed by atoms with Gasteiger partial charge in [-0.25, -0.2) is 0 Å². The first-order valence-electron chi connectivity index (χ1n) is 6.04. The number of amides is 1. The van der Waals surface area contributed by atoms with Gasteiger partial charge >= 0.3 is 0 Å². The molecule has 5 heteroatoms. The van der Waals surface area contributed by atoms with Gasteiger partial charge < -0.3 is 10.4 Å². The Morgan fingerprint density at radius 2 is 2.39 bits per heavy atom. The van der Waals surface area contributed by atoms with E-state index in [0.717, 1.165) is 12.8 Å². The van der Waals surface area contributed by atoms with Gasteiger partial charge in [0.1, 0.15) is 0 Å². The number of hydrogen-bond donors (Lipinski definition) is 2. The van der Waals surface area contributed by atoms with Gasteiger partial charge in [0.15, 0.2) is 0 Å². The summed E-state index contributed by atoms with van der Waals surface area (Å²) in [5.74, 6) is 0.649. The van der Waals surface area contributed by atoms with E-state index >= 15 is 0 Å². The quantitative estimate of drug-likeness (QED) is 0.771. The molecule has 3 nitrogen and oxygen atoms in total. The number of carbonyl (C=O) groups is 1. The van der Waals surface area contributed by atoms with Gasteiger partial charge in [0.2, 0.25) is 5.91 Å². The molecule has 1 heterocycles. The number of thioether (sulfide) groups is 1. The number of hydrogen-bond acceptors (Lipinski definition) is 4. The van der Waals surface area contributed by atoms with Gasteiger partial charge in [0.05, 0.1) is 5.60 Å². The molecule has 0 aliphatic carbocycles.